The number of hydrogen-bond donors (Lipinski definition) is 1. The first-order chi connectivity index (χ1) is 18.0. The Morgan fingerprint density at radius 2 is 1.89 bits per heavy atom. The van der Waals surface area contributed by atoms with Crippen LogP contribution in [0, 0.1) is 0 Å². The van der Waals surface area contributed by atoms with Crippen LogP contribution in [-0.4, -0.2) is 78.2 Å². The number of sulfonamides is 1. The lowest BCUT2D eigenvalue weighted by Gasteiger charge is -2.39. The van der Waals surface area contributed by atoms with Crippen molar-refractivity contribution in [3.05, 3.63) is 77.0 Å². The number of halogens is 1. The van der Waals surface area contributed by atoms with Crippen molar-refractivity contribution in [1.29, 1.82) is 0 Å². The molecule has 0 radical (unpaired) electrons. The third-order valence-corrected chi connectivity index (χ3v) is 8.38. The number of nitrogens with one attached hydrogen (secondary N) is 1. The zero-order valence-electron chi connectivity index (χ0n) is 21.7. The Labute approximate surface area is 227 Å². The Morgan fingerprint density at radius 3 is 2.53 bits per heavy atom. The van der Waals surface area contributed by atoms with Crippen LogP contribution < -0.4 is 0 Å². The van der Waals surface area contributed by atoms with Crippen LogP contribution in [0.2, 0.25) is 5.02 Å². The van der Waals surface area contributed by atoms with Crippen LogP contribution >= 0.6 is 11.6 Å². The smallest absolute Gasteiger partial charge is 0.243 e. The van der Waals surface area contributed by atoms with Gasteiger partial charge in [-0.2, -0.15) is 9.41 Å². The van der Waals surface area contributed by atoms with Crippen molar-refractivity contribution in [3.8, 4) is 0 Å². The number of benzene rings is 2. The highest BCUT2D eigenvalue weighted by Crippen LogP contribution is 2.28. The molecule has 1 aliphatic rings. The molecular weight excluding hydrogens is 526 g/mol. The molecule has 0 unspecified atom stereocenters. The molecular formula is C27H30ClN5O4S. The number of aromatic amines is 1. The van der Waals surface area contributed by atoms with Crippen molar-refractivity contribution in [3.63, 3.8) is 0 Å². The van der Waals surface area contributed by atoms with E-state index in [1.165, 1.54) is 23.4 Å². The molecule has 1 N–H and O–H groups in total. The van der Waals surface area contributed by atoms with E-state index in [1.54, 1.807) is 48.4 Å². The van der Waals surface area contributed by atoms with E-state index in [0.717, 1.165) is 16.5 Å². The standard InChI is InChI=1S/C27H30ClN5O4S/c1-18-15-32(38(36,37)22-10-11-23-24(28)14-29-26(23)13-22)17-27(35)33(18)16-20-6-8-21(9-7-20)25(30-31(3)4)12-5-19(2)34/h5-14,18,29H,15-17H2,1-4H3/b12-5-,30-25+/t18-/m0/s1. The van der Waals surface area contributed by atoms with Crippen molar-refractivity contribution in [2.45, 2.75) is 31.3 Å². The predicted octanol–water partition coefficient (Wildman–Crippen LogP) is 3.65. The monoisotopic (exact) mass is 555 g/mol. The lowest BCUT2D eigenvalue weighted by Crippen LogP contribution is -2.56. The number of H-pyrrole nitrogens is 1. The predicted molar refractivity (Wildman–Crippen MR) is 149 cm³/mol. The van der Waals surface area contributed by atoms with Crippen LogP contribution in [0.5, 0.6) is 0 Å². The van der Waals surface area contributed by atoms with E-state index in [4.69, 9.17) is 11.6 Å². The highest BCUT2D eigenvalue weighted by Gasteiger charge is 2.36. The van der Waals surface area contributed by atoms with Gasteiger partial charge in [0.1, 0.15) is 0 Å². The van der Waals surface area contributed by atoms with E-state index in [0.29, 0.717) is 22.8 Å². The number of fused-ring (bicyclic) bond motifs is 1. The summed E-state index contributed by atoms with van der Waals surface area (Å²) in [5, 5.41) is 7.35. The van der Waals surface area contributed by atoms with Crippen LogP contribution in [0.3, 0.4) is 0 Å². The third kappa shape index (κ3) is 5.98. The van der Waals surface area contributed by atoms with Crippen LogP contribution in [0.25, 0.3) is 10.9 Å². The van der Waals surface area contributed by atoms with E-state index in [9.17, 15) is 18.0 Å². The summed E-state index contributed by atoms with van der Waals surface area (Å²) in [5.74, 6) is -0.337. The van der Waals surface area contributed by atoms with Crippen molar-refractivity contribution in [2.24, 2.45) is 5.10 Å². The summed E-state index contributed by atoms with van der Waals surface area (Å²) >= 11 is 6.11. The fourth-order valence-corrected chi connectivity index (χ4v) is 6.05. The Morgan fingerprint density at radius 1 is 1.18 bits per heavy atom. The number of carbonyl (C=O) groups is 2. The van der Waals surface area contributed by atoms with Gasteiger partial charge in [-0.05, 0) is 49.8 Å². The number of amides is 1. The van der Waals surface area contributed by atoms with Gasteiger partial charge in [-0.1, -0.05) is 35.9 Å². The Bertz CT molecular complexity index is 1530. The van der Waals surface area contributed by atoms with Crippen molar-refractivity contribution >= 4 is 49.9 Å². The molecule has 2 aromatic carbocycles. The van der Waals surface area contributed by atoms with Crippen LogP contribution in [0.1, 0.15) is 25.0 Å². The van der Waals surface area contributed by atoms with Gasteiger partial charge in [-0.15, -0.1) is 0 Å². The second kappa shape index (κ2) is 11.1. The Hall–Kier alpha value is -3.47. The van der Waals surface area contributed by atoms with Gasteiger partial charge in [0.2, 0.25) is 15.9 Å². The molecule has 1 fully saturated rings. The third-order valence-electron chi connectivity index (χ3n) is 6.26. The molecule has 0 saturated carbocycles. The van der Waals surface area contributed by atoms with Gasteiger partial charge < -0.3 is 14.9 Å². The summed E-state index contributed by atoms with van der Waals surface area (Å²) in [6, 6.07) is 12.0. The van der Waals surface area contributed by atoms with Gasteiger partial charge >= 0.3 is 0 Å². The van der Waals surface area contributed by atoms with Crippen LogP contribution in [-0.2, 0) is 26.2 Å². The second-order valence-corrected chi connectivity index (χ2v) is 11.8. The van der Waals surface area contributed by atoms with E-state index in [1.807, 2.05) is 31.2 Å². The largest absolute Gasteiger partial charge is 0.360 e. The molecule has 1 atom stereocenters. The lowest BCUT2D eigenvalue weighted by atomic mass is 10.1. The highest BCUT2D eigenvalue weighted by atomic mass is 35.5. The van der Waals surface area contributed by atoms with Crippen molar-refractivity contribution in [2.75, 3.05) is 27.2 Å². The lowest BCUT2D eigenvalue weighted by molar-refractivity contribution is -0.137. The zero-order valence-corrected chi connectivity index (χ0v) is 23.3. The maximum Gasteiger partial charge on any atom is 0.243 e. The SMILES string of the molecule is CC(=O)/C=C\C(=N/N(C)C)c1ccc(CN2C(=O)CN(S(=O)(=O)c3ccc4c(Cl)c[nH]c4c3)C[C@@H]2C)cc1. The fraction of sp³-hybridized carbons (Fsp3) is 0.296. The van der Waals surface area contributed by atoms with Gasteiger partial charge in [0.25, 0.3) is 0 Å². The topological polar surface area (TPSA) is 106 Å². The van der Waals surface area contributed by atoms with E-state index < -0.39 is 10.0 Å². The van der Waals surface area contributed by atoms with E-state index in [-0.39, 0.29) is 35.7 Å². The summed E-state index contributed by atoms with van der Waals surface area (Å²) < 4.78 is 27.9. The number of hydrazone groups is 1. The molecule has 11 heteroatoms. The number of carbonyl (C=O) groups excluding carboxylic acids is 2. The molecule has 9 nitrogen and oxygen atoms in total. The summed E-state index contributed by atoms with van der Waals surface area (Å²) in [4.78, 5) is 29.2. The molecule has 0 spiro atoms. The van der Waals surface area contributed by atoms with E-state index >= 15 is 0 Å². The first-order valence-electron chi connectivity index (χ1n) is 12.1. The molecule has 1 amide bonds. The molecule has 3 aromatic rings. The molecule has 38 heavy (non-hydrogen) atoms. The minimum absolute atomic E-state index is 0.0732. The Balaban J connectivity index is 1.48. The second-order valence-electron chi connectivity index (χ2n) is 9.49. The average molecular weight is 556 g/mol. The molecule has 1 aromatic heterocycles. The normalized spacial score (nSPS) is 17.5. The van der Waals surface area contributed by atoms with Crippen molar-refractivity contribution in [1.82, 2.24) is 19.2 Å². The number of nitrogens with zero attached hydrogens (tertiary/aromatic N) is 4. The summed E-state index contributed by atoms with van der Waals surface area (Å²) in [7, 11) is -0.263. The molecule has 0 aliphatic carbocycles. The van der Waals surface area contributed by atoms with Gasteiger partial charge in [0, 0.05) is 55.9 Å². The van der Waals surface area contributed by atoms with Crippen molar-refractivity contribution < 1.29 is 18.0 Å². The van der Waals surface area contributed by atoms with Gasteiger partial charge in [0.15, 0.2) is 5.78 Å². The minimum atomic E-state index is -3.87. The maximum absolute atomic E-state index is 13.3. The number of piperazine rings is 1. The quantitative estimate of drug-likeness (QED) is 0.259. The zero-order chi connectivity index (χ0) is 27.6. The summed E-state index contributed by atoms with van der Waals surface area (Å²) in [6.07, 6.45) is 4.75. The van der Waals surface area contributed by atoms with E-state index in [2.05, 4.69) is 10.1 Å². The summed E-state index contributed by atoms with van der Waals surface area (Å²) in [6.45, 7) is 3.63. The first kappa shape index (κ1) is 27.6. The summed E-state index contributed by atoms with van der Waals surface area (Å²) in [5.41, 5.74) is 2.99. The molecule has 1 saturated heterocycles. The highest BCUT2D eigenvalue weighted by molar-refractivity contribution is 7.89. The molecule has 4 rings (SSSR count). The molecule has 1 aliphatic heterocycles. The fourth-order valence-electron chi connectivity index (χ4n) is 4.33. The number of allylic oxidation sites excluding steroid dienone is 2. The molecule has 0 bridgehead atoms. The van der Waals surface area contributed by atoms with Crippen LogP contribution in [0.15, 0.2) is 70.8 Å². The average Bonchev–Trinajstić information content (AvgIpc) is 3.24. The van der Waals surface area contributed by atoms with Gasteiger partial charge in [-0.3, -0.25) is 9.59 Å². The van der Waals surface area contributed by atoms with Crippen LogP contribution in [0.4, 0.5) is 0 Å². The van der Waals surface area contributed by atoms with Gasteiger partial charge in [-0.25, -0.2) is 8.42 Å². The van der Waals surface area contributed by atoms with Gasteiger partial charge in [0.05, 0.1) is 22.2 Å². The molecule has 200 valence electrons. The first-order valence-corrected chi connectivity index (χ1v) is 13.9. The maximum atomic E-state index is 13.3. The number of rotatable bonds is 8. The minimum Gasteiger partial charge on any atom is -0.360 e. The number of ketones is 1. The molecule has 2 heterocycles. The number of hydrogen-bond acceptors (Lipinski definition) is 6. The number of aromatic nitrogens is 1. The Kier molecular flexibility index (Phi) is 8.05.